The van der Waals surface area contributed by atoms with Gasteiger partial charge in [-0.2, -0.15) is 0 Å². The van der Waals surface area contributed by atoms with E-state index in [0.29, 0.717) is 0 Å². The van der Waals surface area contributed by atoms with Crippen molar-refractivity contribution in [2.45, 2.75) is 78.6 Å². The van der Waals surface area contributed by atoms with Crippen molar-refractivity contribution in [3.8, 4) is 0 Å². The summed E-state index contributed by atoms with van der Waals surface area (Å²) in [7, 11) is 0. The minimum Gasteiger partial charge on any atom is -0.0853 e. The van der Waals surface area contributed by atoms with Crippen molar-refractivity contribution in [2.75, 3.05) is 0 Å². The maximum atomic E-state index is 2.49. The highest BCUT2D eigenvalue weighted by atomic mass is 14.0. The first-order valence-electron chi connectivity index (χ1n) is 6.53. The van der Waals surface area contributed by atoms with Crippen LogP contribution in [0.4, 0.5) is 0 Å². The van der Waals surface area contributed by atoms with Crippen molar-refractivity contribution in [3.63, 3.8) is 0 Å². The van der Waals surface area contributed by atoms with Gasteiger partial charge in [0.1, 0.15) is 0 Å². The Morgan fingerprint density at radius 2 is 1.57 bits per heavy atom. The van der Waals surface area contributed by atoms with Gasteiger partial charge in [-0.05, 0) is 32.1 Å². The lowest BCUT2D eigenvalue weighted by atomic mass is 10.0. The van der Waals surface area contributed by atoms with Crippen molar-refractivity contribution in [2.24, 2.45) is 0 Å². The molecule has 0 aliphatic rings. The van der Waals surface area contributed by atoms with E-state index >= 15 is 0 Å². The second-order valence-electron chi connectivity index (χ2n) is 4.17. The first kappa shape index (κ1) is 13.7. The molecule has 0 heterocycles. The van der Waals surface area contributed by atoms with Gasteiger partial charge in [-0.1, -0.05) is 58.1 Å². The molecule has 0 aromatic rings. The highest BCUT2D eigenvalue weighted by molar-refractivity contribution is 5.00. The van der Waals surface area contributed by atoms with Gasteiger partial charge in [0.2, 0.25) is 0 Å². The van der Waals surface area contributed by atoms with Crippen molar-refractivity contribution < 1.29 is 0 Å². The van der Waals surface area contributed by atoms with Gasteiger partial charge in [-0.15, -0.1) is 0 Å². The van der Waals surface area contributed by atoms with Crippen LogP contribution in [0.25, 0.3) is 0 Å². The molecule has 0 atom stereocenters. The maximum Gasteiger partial charge on any atom is -0.0321 e. The van der Waals surface area contributed by atoms with Crippen molar-refractivity contribution in [1.82, 2.24) is 0 Å². The van der Waals surface area contributed by atoms with E-state index in [1.54, 1.807) is 5.57 Å². The lowest BCUT2D eigenvalue weighted by Crippen LogP contribution is -1.83. The molecule has 84 valence electrons. The van der Waals surface area contributed by atoms with E-state index in [2.05, 4.69) is 26.8 Å². The minimum atomic E-state index is 1.26. The van der Waals surface area contributed by atoms with Crippen LogP contribution in [0, 0.1) is 0 Å². The zero-order chi connectivity index (χ0) is 10.6. The Morgan fingerprint density at radius 1 is 0.857 bits per heavy atom. The number of unbranched alkanes of at least 4 members (excludes halogenated alkanes) is 5. The van der Waals surface area contributed by atoms with E-state index in [1.807, 2.05) is 0 Å². The molecule has 0 unspecified atom stereocenters. The zero-order valence-electron chi connectivity index (χ0n) is 10.4. The lowest BCUT2D eigenvalue weighted by Gasteiger charge is -2.03. The molecule has 0 saturated carbocycles. The van der Waals surface area contributed by atoms with Crippen LogP contribution in [-0.4, -0.2) is 0 Å². The van der Waals surface area contributed by atoms with Gasteiger partial charge in [0, 0.05) is 0 Å². The monoisotopic (exact) mass is 196 g/mol. The first-order chi connectivity index (χ1) is 6.85. The fourth-order valence-corrected chi connectivity index (χ4v) is 1.70. The summed E-state index contributed by atoms with van der Waals surface area (Å²) in [6.07, 6.45) is 14.7. The Labute approximate surface area is 90.8 Å². The molecule has 0 aromatic carbocycles. The molecule has 0 fully saturated rings. The fraction of sp³-hybridized carbons (Fsp3) is 0.857. The molecule has 0 aliphatic heterocycles. The smallest absolute Gasteiger partial charge is 0.0321 e. The maximum absolute atomic E-state index is 2.49. The van der Waals surface area contributed by atoms with E-state index in [0.717, 1.165) is 0 Å². The van der Waals surface area contributed by atoms with Gasteiger partial charge in [0.05, 0.1) is 0 Å². The highest BCUT2D eigenvalue weighted by Gasteiger charge is 1.93. The van der Waals surface area contributed by atoms with Gasteiger partial charge in [0.25, 0.3) is 0 Å². The summed E-state index contributed by atoms with van der Waals surface area (Å²) in [5.74, 6) is 0. The van der Waals surface area contributed by atoms with Crippen molar-refractivity contribution in [3.05, 3.63) is 11.6 Å². The summed E-state index contributed by atoms with van der Waals surface area (Å²) in [6.45, 7) is 6.83. The van der Waals surface area contributed by atoms with Crippen LogP contribution in [0.3, 0.4) is 0 Å². The van der Waals surface area contributed by atoms with Crippen LogP contribution in [0.2, 0.25) is 0 Å². The molecule has 0 N–H and O–H groups in total. The minimum absolute atomic E-state index is 1.26. The van der Waals surface area contributed by atoms with Crippen molar-refractivity contribution in [1.29, 1.82) is 0 Å². The van der Waals surface area contributed by atoms with E-state index in [-0.39, 0.29) is 0 Å². The quantitative estimate of drug-likeness (QED) is 0.338. The molecule has 0 rings (SSSR count). The summed E-state index contributed by atoms with van der Waals surface area (Å²) < 4.78 is 0. The fourth-order valence-electron chi connectivity index (χ4n) is 1.70. The van der Waals surface area contributed by atoms with Crippen LogP contribution in [0.5, 0.6) is 0 Å². The normalized spacial score (nSPS) is 12.1. The molecule has 0 heteroatoms. The van der Waals surface area contributed by atoms with Gasteiger partial charge < -0.3 is 0 Å². The Balaban J connectivity index is 3.48. The predicted octanol–water partition coefficient (Wildman–Crippen LogP) is 5.48. The van der Waals surface area contributed by atoms with Gasteiger partial charge in [-0.25, -0.2) is 0 Å². The Hall–Kier alpha value is -0.260. The molecule has 0 aliphatic carbocycles. The standard InChI is InChI=1S/C14H28/c1-4-7-9-10-11-13-14(6-3)12-8-5-2/h13H,4-12H2,1-3H3/b14-13+. The zero-order valence-corrected chi connectivity index (χ0v) is 10.4. The topological polar surface area (TPSA) is 0 Å². The van der Waals surface area contributed by atoms with E-state index in [4.69, 9.17) is 0 Å². The molecular weight excluding hydrogens is 168 g/mol. The third-order valence-corrected chi connectivity index (χ3v) is 2.80. The average molecular weight is 196 g/mol. The summed E-state index contributed by atoms with van der Waals surface area (Å²) in [6, 6.07) is 0. The number of rotatable bonds is 9. The molecule has 0 spiro atoms. The molecule has 0 saturated heterocycles. The van der Waals surface area contributed by atoms with Gasteiger partial charge in [-0.3, -0.25) is 0 Å². The summed E-state index contributed by atoms with van der Waals surface area (Å²) in [5, 5.41) is 0. The second-order valence-corrected chi connectivity index (χ2v) is 4.17. The lowest BCUT2D eigenvalue weighted by molar-refractivity contribution is 0.669. The Bertz CT molecular complexity index is 133. The molecular formula is C14H28. The third kappa shape index (κ3) is 8.34. The molecule has 0 aromatic heterocycles. The highest BCUT2D eigenvalue weighted by Crippen LogP contribution is 2.13. The van der Waals surface area contributed by atoms with E-state index < -0.39 is 0 Å². The summed E-state index contributed by atoms with van der Waals surface area (Å²) in [4.78, 5) is 0. The van der Waals surface area contributed by atoms with Crippen molar-refractivity contribution >= 4 is 0 Å². The van der Waals surface area contributed by atoms with Gasteiger partial charge in [0.15, 0.2) is 0 Å². The summed E-state index contributed by atoms with van der Waals surface area (Å²) in [5.41, 5.74) is 1.68. The molecule has 0 nitrogen and oxygen atoms in total. The number of allylic oxidation sites excluding steroid dienone is 2. The Morgan fingerprint density at radius 3 is 2.14 bits per heavy atom. The Kier molecular flexibility index (Phi) is 10.6. The third-order valence-electron chi connectivity index (χ3n) is 2.80. The van der Waals surface area contributed by atoms with Gasteiger partial charge >= 0.3 is 0 Å². The molecule has 0 bridgehead atoms. The summed E-state index contributed by atoms with van der Waals surface area (Å²) >= 11 is 0. The predicted molar refractivity (Wildman–Crippen MR) is 66.7 cm³/mol. The first-order valence-corrected chi connectivity index (χ1v) is 6.53. The average Bonchev–Trinajstić information content (AvgIpc) is 2.22. The second kappa shape index (κ2) is 10.8. The van der Waals surface area contributed by atoms with Crippen LogP contribution >= 0.6 is 0 Å². The molecule has 14 heavy (non-hydrogen) atoms. The number of hydrogen-bond donors (Lipinski definition) is 0. The number of hydrogen-bond acceptors (Lipinski definition) is 0. The molecule has 0 radical (unpaired) electrons. The van der Waals surface area contributed by atoms with E-state index in [9.17, 15) is 0 Å². The van der Waals surface area contributed by atoms with Crippen LogP contribution in [0.1, 0.15) is 78.6 Å². The van der Waals surface area contributed by atoms with Crippen LogP contribution < -0.4 is 0 Å². The van der Waals surface area contributed by atoms with E-state index in [1.165, 1.54) is 57.8 Å². The largest absolute Gasteiger partial charge is 0.0853 e. The van der Waals surface area contributed by atoms with Crippen LogP contribution in [0.15, 0.2) is 11.6 Å². The SMILES string of the molecule is CCCCCC/C=C(\CC)CCCC. The van der Waals surface area contributed by atoms with Crippen LogP contribution in [-0.2, 0) is 0 Å². The molecule has 0 amide bonds.